The standard InChI is InChI=1S/C15H26N4O.2ClH/c1-10(8-14-12(3)17-18(5)13(14)4)15(20)19-7-6-16-9-11(19)2;;/h10-11,16H,6-9H2,1-5H3;2*1H. The lowest BCUT2D eigenvalue weighted by atomic mass is 9.97. The molecule has 0 bridgehead atoms. The second kappa shape index (κ2) is 8.75. The van der Waals surface area contributed by atoms with Crippen molar-refractivity contribution in [2.75, 3.05) is 19.6 Å². The molecule has 1 aromatic rings. The number of nitrogens with one attached hydrogen (secondary N) is 1. The first-order chi connectivity index (χ1) is 9.41. The van der Waals surface area contributed by atoms with Gasteiger partial charge in [-0.3, -0.25) is 9.48 Å². The normalized spacial score (nSPS) is 19.1. The summed E-state index contributed by atoms with van der Waals surface area (Å²) in [5.41, 5.74) is 3.42. The number of hydrogen-bond donors (Lipinski definition) is 1. The van der Waals surface area contributed by atoms with E-state index in [4.69, 9.17) is 0 Å². The van der Waals surface area contributed by atoms with E-state index in [9.17, 15) is 4.79 Å². The van der Waals surface area contributed by atoms with Gasteiger partial charge in [-0.15, -0.1) is 24.8 Å². The topological polar surface area (TPSA) is 50.2 Å². The van der Waals surface area contributed by atoms with Crippen molar-refractivity contribution < 1.29 is 4.79 Å². The van der Waals surface area contributed by atoms with Crippen molar-refractivity contribution in [1.82, 2.24) is 20.0 Å². The number of hydrogen-bond acceptors (Lipinski definition) is 3. The summed E-state index contributed by atoms with van der Waals surface area (Å²) in [6, 6.07) is 0.287. The van der Waals surface area contributed by atoms with Crippen LogP contribution in [0.1, 0.15) is 30.8 Å². The van der Waals surface area contributed by atoms with E-state index in [1.807, 2.05) is 30.5 Å². The number of amides is 1. The predicted molar refractivity (Wildman–Crippen MR) is 94.1 cm³/mol. The van der Waals surface area contributed by atoms with E-state index in [0.29, 0.717) is 0 Å². The number of aromatic nitrogens is 2. The van der Waals surface area contributed by atoms with Gasteiger partial charge in [0.25, 0.3) is 0 Å². The third-order valence-electron chi connectivity index (χ3n) is 4.38. The molecule has 1 aromatic heterocycles. The van der Waals surface area contributed by atoms with Crippen LogP contribution >= 0.6 is 24.8 Å². The Labute approximate surface area is 145 Å². The second-order valence-electron chi connectivity index (χ2n) is 5.96. The van der Waals surface area contributed by atoms with Gasteiger partial charge in [0.1, 0.15) is 0 Å². The van der Waals surface area contributed by atoms with E-state index in [-0.39, 0.29) is 42.7 Å². The molecule has 0 spiro atoms. The Balaban J connectivity index is 0.00000220. The first kappa shape index (κ1) is 21.2. The molecule has 0 aromatic carbocycles. The quantitative estimate of drug-likeness (QED) is 0.905. The minimum Gasteiger partial charge on any atom is -0.337 e. The Morgan fingerprint density at radius 3 is 2.55 bits per heavy atom. The molecule has 1 aliphatic rings. The van der Waals surface area contributed by atoms with Gasteiger partial charge in [0.05, 0.1) is 5.69 Å². The molecule has 1 saturated heterocycles. The molecule has 2 atom stereocenters. The summed E-state index contributed by atoms with van der Waals surface area (Å²) in [5.74, 6) is 0.277. The molecule has 5 nitrogen and oxygen atoms in total. The van der Waals surface area contributed by atoms with Crippen molar-refractivity contribution in [3.05, 3.63) is 17.0 Å². The van der Waals surface area contributed by atoms with Crippen molar-refractivity contribution in [3.8, 4) is 0 Å². The van der Waals surface area contributed by atoms with Crippen LogP contribution in [0.25, 0.3) is 0 Å². The highest BCUT2D eigenvalue weighted by molar-refractivity contribution is 5.85. The predicted octanol–water partition coefficient (Wildman–Crippen LogP) is 1.88. The average molecular weight is 351 g/mol. The maximum atomic E-state index is 12.6. The maximum Gasteiger partial charge on any atom is 0.226 e. The lowest BCUT2D eigenvalue weighted by Gasteiger charge is -2.35. The van der Waals surface area contributed by atoms with Gasteiger partial charge in [-0.2, -0.15) is 5.10 Å². The molecule has 0 aliphatic carbocycles. The van der Waals surface area contributed by atoms with Crippen LogP contribution in [0.2, 0.25) is 0 Å². The average Bonchev–Trinajstić information content (AvgIpc) is 2.65. The molecule has 7 heteroatoms. The Hall–Kier alpha value is -0.780. The molecule has 1 aliphatic heterocycles. The molecule has 1 amide bonds. The van der Waals surface area contributed by atoms with E-state index in [2.05, 4.69) is 24.3 Å². The summed E-state index contributed by atoms with van der Waals surface area (Å²) in [5, 5.41) is 7.75. The van der Waals surface area contributed by atoms with Crippen LogP contribution in [-0.4, -0.2) is 46.3 Å². The van der Waals surface area contributed by atoms with E-state index < -0.39 is 0 Å². The highest BCUT2D eigenvalue weighted by Gasteiger charge is 2.27. The molecular formula is C15H28Cl2N4O. The minimum absolute atomic E-state index is 0. The largest absolute Gasteiger partial charge is 0.337 e. The SMILES string of the molecule is Cc1nn(C)c(C)c1CC(C)C(=O)N1CCNCC1C.Cl.Cl. The summed E-state index contributed by atoms with van der Waals surface area (Å²) in [6.07, 6.45) is 0.779. The van der Waals surface area contributed by atoms with Crippen LogP contribution in [0.4, 0.5) is 0 Å². The molecule has 2 unspecified atom stereocenters. The molecule has 1 fully saturated rings. The zero-order valence-corrected chi connectivity index (χ0v) is 15.7. The number of aryl methyl sites for hydroxylation is 2. The van der Waals surface area contributed by atoms with Gasteiger partial charge >= 0.3 is 0 Å². The second-order valence-corrected chi connectivity index (χ2v) is 5.96. The highest BCUT2D eigenvalue weighted by atomic mass is 35.5. The maximum absolute atomic E-state index is 12.6. The van der Waals surface area contributed by atoms with E-state index >= 15 is 0 Å². The Bertz CT molecular complexity index is 504. The summed E-state index contributed by atoms with van der Waals surface area (Å²) in [7, 11) is 1.96. The Morgan fingerprint density at radius 2 is 2.05 bits per heavy atom. The van der Waals surface area contributed by atoms with Crippen LogP contribution < -0.4 is 5.32 Å². The number of halogens is 2. The fraction of sp³-hybridized carbons (Fsp3) is 0.733. The number of carbonyl (C=O) groups excluding carboxylic acids is 1. The Morgan fingerprint density at radius 1 is 1.41 bits per heavy atom. The number of nitrogens with zero attached hydrogens (tertiary/aromatic N) is 3. The molecule has 128 valence electrons. The summed E-state index contributed by atoms with van der Waals surface area (Å²) < 4.78 is 1.90. The van der Waals surface area contributed by atoms with Crippen LogP contribution in [0, 0.1) is 19.8 Å². The highest BCUT2D eigenvalue weighted by Crippen LogP contribution is 2.19. The molecule has 22 heavy (non-hydrogen) atoms. The van der Waals surface area contributed by atoms with Gasteiger partial charge in [0.2, 0.25) is 5.91 Å². The van der Waals surface area contributed by atoms with E-state index in [1.54, 1.807) is 0 Å². The van der Waals surface area contributed by atoms with Gasteiger partial charge in [0, 0.05) is 44.3 Å². The summed E-state index contributed by atoms with van der Waals surface area (Å²) in [6.45, 7) is 10.8. The van der Waals surface area contributed by atoms with Crippen LogP contribution in [-0.2, 0) is 18.3 Å². The van der Waals surface area contributed by atoms with Gasteiger partial charge in [-0.25, -0.2) is 0 Å². The molecule has 0 saturated carbocycles. The molecule has 2 heterocycles. The van der Waals surface area contributed by atoms with Crippen molar-refractivity contribution in [1.29, 1.82) is 0 Å². The molecule has 1 N–H and O–H groups in total. The van der Waals surface area contributed by atoms with E-state index in [0.717, 1.165) is 37.4 Å². The first-order valence-electron chi connectivity index (χ1n) is 7.42. The van der Waals surface area contributed by atoms with Gasteiger partial charge in [-0.05, 0) is 32.8 Å². The third kappa shape index (κ3) is 4.37. The zero-order chi connectivity index (χ0) is 14.9. The van der Waals surface area contributed by atoms with Crippen LogP contribution in [0.15, 0.2) is 0 Å². The van der Waals surface area contributed by atoms with Crippen LogP contribution in [0.3, 0.4) is 0 Å². The first-order valence-corrected chi connectivity index (χ1v) is 7.42. The van der Waals surface area contributed by atoms with Gasteiger partial charge in [0.15, 0.2) is 0 Å². The zero-order valence-electron chi connectivity index (χ0n) is 14.0. The lowest BCUT2D eigenvalue weighted by Crippen LogP contribution is -2.53. The van der Waals surface area contributed by atoms with Crippen molar-refractivity contribution in [2.45, 2.75) is 40.2 Å². The monoisotopic (exact) mass is 350 g/mol. The van der Waals surface area contributed by atoms with Crippen LogP contribution in [0.5, 0.6) is 0 Å². The third-order valence-corrected chi connectivity index (χ3v) is 4.38. The smallest absolute Gasteiger partial charge is 0.226 e. The van der Waals surface area contributed by atoms with Crippen molar-refractivity contribution in [3.63, 3.8) is 0 Å². The van der Waals surface area contributed by atoms with E-state index in [1.165, 1.54) is 5.56 Å². The fourth-order valence-corrected chi connectivity index (χ4v) is 2.96. The lowest BCUT2D eigenvalue weighted by molar-refractivity contribution is -0.137. The fourth-order valence-electron chi connectivity index (χ4n) is 2.96. The number of piperazine rings is 1. The summed E-state index contributed by atoms with van der Waals surface area (Å²) >= 11 is 0. The molecule has 2 rings (SSSR count). The number of rotatable bonds is 3. The minimum atomic E-state index is 0. The van der Waals surface area contributed by atoms with Gasteiger partial charge in [-0.1, -0.05) is 6.92 Å². The van der Waals surface area contributed by atoms with Crippen molar-refractivity contribution >= 4 is 30.7 Å². The van der Waals surface area contributed by atoms with Crippen molar-refractivity contribution in [2.24, 2.45) is 13.0 Å². The summed E-state index contributed by atoms with van der Waals surface area (Å²) in [4.78, 5) is 14.6. The molecule has 0 radical (unpaired) electrons. The molecular weight excluding hydrogens is 323 g/mol. The number of carbonyl (C=O) groups is 1. The Kier molecular flexibility index (Phi) is 8.44. The van der Waals surface area contributed by atoms with Gasteiger partial charge < -0.3 is 10.2 Å².